The molecule has 0 bridgehead atoms. The average Bonchev–Trinajstić information content (AvgIpc) is 1.99. The Balaban J connectivity index is 0. The van der Waals surface area contributed by atoms with Crippen molar-refractivity contribution in [1.29, 1.82) is 0 Å². The molecule has 1 rings (SSSR count). The zero-order valence-corrected chi connectivity index (χ0v) is 8.52. The summed E-state index contributed by atoms with van der Waals surface area (Å²) in [6.07, 6.45) is 1.25. The highest BCUT2D eigenvalue weighted by molar-refractivity contribution is 5.43. The Morgan fingerprint density at radius 2 is 1.67 bits per heavy atom. The third-order valence-electron chi connectivity index (χ3n) is 1.53. The standard InChI is InChI=1S/C8H11N.C3H8.H2/c1-6-3-4-8(9)5-7(6)2;1-3-2;/h3-5H,9H2,1-2H3;3H2,1-2H3;1H. The number of rotatable bonds is 0. The number of aryl methyl sites for hydroxylation is 2. The molecule has 0 aliphatic rings. The van der Waals surface area contributed by atoms with Gasteiger partial charge in [-0.05, 0) is 37.1 Å². The fraction of sp³-hybridized carbons (Fsp3) is 0.455. The number of anilines is 1. The molecule has 1 aromatic carbocycles. The normalized spacial score (nSPS) is 8.67. The van der Waals surface area contributed by atoms with Crippen molar-refractivity contribution in [1.82, 2.24) is 0 Å². The van der Waals surface area contributed by atoms with E-state index in [1.54, 1.807) is 0 Å². The first kappa shape index (κ1) is 11.0. The van der Waals surface area contributed by atoms with Gasteiger partial charge in [-0.1, -0.05) is 26.3 Å². The minimum Gasteiger partial charge on any atom is -0.399 e. The van der Waals surface area contributed by atoms with E-state index < -0.39 is 0 Å². The van der Waals surface area contributed by atoms with Gasteiger partial charge in [0, 0.05) is 7.11 Å². The van der Waals surface area contributed by atoms with Gasteiger partial charge >= 0.3 is 0 Å². The first-order valence-electron chi connectivity index (χ1n) is 4.44. The highest BCUT2D eigenvalue weighted by Crippen LogP contribution is 2.09. The molecule has 2 N–H and O–H groups in total. The lowest BCUT2D eigenvalue weighted by Crippen LogP contribution is -1.86. The highest BCUT2D eigenvalue weighted by atomic mass is 14.5. The van der Waals surface area contributed by atoms with Crippen molar-refractivity contribution in [3.63, 3.8) is 0 Å². The second-order valence-electron chi connectivity index (χ2n) is 3.05. The van der Waals surface area contributed by atoms with Crippen LogP contribution in [0.5, 0.6) is 0 Å². The molecule has 0 spiro atoms. The van der Waals surface area contributed by atoms with Crippen LogP contribution in [0.3, 0.4) is 0 Å². The Morgan fingerprint density at radius 1 is 1.17 bits per heavy atom. The lowest BCUT2D eigenvalue weighted by molar-refractivity contribution is 1.09. The first-order chi connectivity index (χ1) is 5.61. The molecule has 0 aliphatic carbocycles. The first-order valence-corrected chi connectivity index (χ1v) is 4.44. The molecule has 12 heavy (non-hydrogen) atoms. The average molecular weight is 167 g/mol. The molecule has 70 valence electrons. The SMILES string of the molecule is CCC.Cc1ccc(N)cc1C.[HH]. The number of hydrogen-bond acceptors (Lipinski definition) is 1. The molecule has 0 heterocycles. The summed E-state index contributed by atoms with van der Waals surface area (Å²) in [5, 5.41) is 0. The summed E-state index contributed by atoms with van der Waals surface area (Å²) in [6.45, 7) is 8.39. The molecule has 0 aliphatic heterocycles. The summed E-state index contributed by atoms with van der Waals surface area (Å²) in [7, 11) is 0. The van der Waals surface area contributed by atoms with Crippen molar-refractivity contribution in [2.45, 2.75) is 34.1 Å². The Hall–Kier alpha value is -0.980. The molecule has 0 aromatic heterocycles. The van der Waals surface area contributed by atoms with E-state index in [1.165, 1.54) is 17.5 Å². The van der Waals surface area contributed by atoms with Gasteiger partial charge in [-0.2, -0.15) is 0 Å². The fourth-order valence-electron chi connectivity index (χ4n) is 0.765. The highest BCUT2D eigenvalue weighted by Gasteiger charge is 1.89. The fourth-order valence-corrected chi connectivity index (χ4v) is 0.765. The van der Waals surface area contributed by atoms with Crippen molar-refractivity contribution < 1.29 is 1.43 Å². The van der Waals surface area contributed by atoms with Gasteiger partial charge in [0.1, 0.15) is 0 Å². The molecule has 0 unspecified atom stereocenters. The smallest absolute Gasteiger partial charge is 0.0316 e. The molecule has 1 nitrogen and oxygen atoms in total. The van der Waals surface area contributed by atoms with E-state index in [0.717, 1.165) is 5.69 Å². The van der Waals surface area contributed by atoms with E-state index in [2.05, 4.69) is 27.7 Å². The second-order valence-corrected chi connectivity index (χ2v) is 3.05. The van der Waals surface area contributed by atoms with E-state index in [-0.39, 0.29) is 1.43 Å². The van der Waals surface area contributed by atoms with Gasteiger partial charge in [0.25, 0.3) is 0 Å². The largest absolute Gasteiger partial charge is 0.399 e. The molecule has 1 aromatic rings. The van der Waals surface area contributed by atoms with Crippen LogP contribution in [0.2, 0.25) is 0 Å². The van der Waals surface area contributed by atoms with Crippen LogP contribution >= 0.6 is 0 Å². The van der Waals surface area contributed by atoms with Crippen LogP contribution in [0.4, 0.5) is 5.69 Å². The number of nitrogens with two attached hydrogens (primary N) is 1. The quantitative estimate of drug-likeness (QED) is 0.587. The van der Waals surface area contributed by atoms with Crippen LogP contribution in [0.15, 0.2) is 18.2 Å². The zero-order chi connectivity index (χ0) is 9.56. The van der Waals surface area contributed by atoms with Gasteiger partial charge in [0.2, 0.25) is 0 Å². The molecule has 0 atom stereocenters. The Bertz CT molecular complexity index is 234. The minimum atomic E-state index is 0. The van der Waals surface area contributed by atoms with Gasteiger partial charge in [-0.3, -0.25) is 0 Å². The summed E-state index contributed by atoms with van der Waals surface area (Å²) in [5.74, 6) is 0. The summed E-state index contributed by atoms with van der Waals surface area (Å²) >= 11 is 0. The topological polar surface area (TPSA) is 26.0 Å². The van der Waals surface area contributed by atoms with Crippen LogP contribution in [0.1, 0.15) is 32.8 Å². The molecule has 0 fully saturated rings. The third kappa shape index (κ3) is 4.02. The lowest BCUT2D eigenvalue weighted by atomic mass is 10.1. The van der Waals surface area contributed by atoms with Crippen molar-refractivity contribution in [2.24, 2.45) is 0 Å². The van der Waals surface area contributed by atoms with Gasteiger partial charge < -0.3 is 5.73 Å². The molecular weight excluding hydrogens is 146 g/mol. The summed E-state index contributed by atoms with van der Waals surface area (Å²) in [4.78, 5) is 0. The molecule has 0 amide bonds. The van der Waals surface area contributed by atoms with E-state index in [1.807, 2.05) is 18.2 Å². The van der Waals surface area contributed by atoms with E-state index >= 15 is 0 Å². The second kappa shape index (κ2) is 5.64. The van der Waals surface area contributed by atoms with E-state index in [9.17, 15) is 0 Å². The van der Waals surface area contributed by atoms with E-state index in [0.29, 0.717) is 0 Å². The van der Waals surface area contributed by atoms with Crippen LogP contribution in [0.25, 0.3) is 0 Å². The number of benzene rings is 1. The van der Waals surface area contributed by atoms with Crippen molar-refractivity contribution in [3.8, 4) is 0 Å². The maximum Gasteiger partial charge on any atom is 0.0316 e. The van der Waals surface area contributed by atoms with Gasteiger partial charge in [0.15, 0.2) is 0 Å². The molecule has 1 heteroatoms. The maximum absolute atomic E-state index is 5.53. The third-order valence-corrected chi connectivity index (χ3v) is 1.53. The molecular formula is C11H21N. The van der Waals surface area contributed by atoms with E-state index in [4.69, 9.17) is 5.73 Å². The van der Waals surface area contributed by atoms with Crippen LogP contribution in [0, 0.1) is 13.8 Å². The van der Waals surface area contributed by atoms with Gasteiger partial charge in [-0.25, -0.2) is 0 Å². The molecule has 0 radical (unpaired) electrons. The Labute approximate surface area is 77.1 Å². The molecule has 0 saturated carbocycles. The van der Waals surface area contributed by atoms with Crippen molar-refractivity contribution in [3.05, 3.63) is 29.3 Å². The van der Waals surface area contributed by atoms with Gasteiger partial charge in [-0.15, -0.1) is 0 Å². The van der Waals surface area contributed by atoms with Crippen molar-refractivity contribution in [2.75, 3.05) is 5.73 Å². The minimum absolute atomic E-state index is 0. The zero-order valence-electron chi connectivity index (χ0n) is 8.52. The summed E-state index contributed by atoms with van der Waals surface area (Å²) in [6, 6.07) is 5.93. The number of hydrogen-bond donors (Lipinski definition) is 1. The predicted octanol–water partition coefficient (Wildman–Crippen LogP) is 3.55. The Kier molecular flexibility index (Phi) is 5.18. The summed E-state index contributed by atoms with van der Waals surface area (Å²) in [5.41, 5.74) is 8.93. The molecule has 0 saturated heterocycles. The van der Waals surface area contributed by atoms with Crippen molar-refractivity contribution >= 4 is 5.69 Å². The lowest BCUT2D eigenvalue weighted by Gasteiger charge is -1.98. The maximum atomic E-state index is 5.53. The Morgan fingerprint density at radius 3 is 2.00 bits per heavy atom. The summed E-state index contributed by atoms with van der Waals surface area (Å²) < 4.78 is 0. The number of nitrogen functional groups attached to an aromatic ring is 1. The van der Waals surface area contributed by atoms with Crippen LogP contribution in [-0.2, 0) is 0 Å². The van der Waals surface area contributed by atoms with Crippen LogP contribution < -0.4 is 5.73 Å². The van der Waals surface area contributed by atoms with Crippen LogP contribution in [-0.4, -0.2) is 0 Å². The predicted molar refractivity (Wildman–Crippen MR) is 58.4 cm³/mol. The van der Waals surface area contributed by atoms with Gasteiger partial charge in [0.05, 0.1) is 0 Å². The monoisotopic (exact) mass is 167 g/mol.